The van der Waals surface area contributed by atoms with Crippen LogP contribution in [0.25, 0.3) is 0 Å². The van der Waals surface area contributed by atoms with Crippen LogP contribution >= 0.6 is 0 Å². The maximum absolute atomic E-state index is 14.0. The summed E-state index contributed by atoms with van der Waals surface area (Å²) in [5.41, 5.74) is 0. The van der Waals surface area contributed by atoms with Crippen LogP contribution in [0.4, 0.5) is 4.39 Å². The normalized spacial score (nSPS) is 15.6. The summed E-state index contributed by atoms with van der Waals surface area (Å²) in [5.74, 6) is -1.28. The maximum atomic E-state index is 14.0. The van der Waals surface area contributed by atoms with Gasteiger partial charge in [-0.3, -0.25) is 4.79 Å². The van der Waals surface area contributed by atoms with Crippen LogP contribution in [0, 0.1) is 5.82 Å². The van der Waals surface area contributed by atoms with Crippen LogP contribution < -0.4 is 9.46 Å². The van der Waals surface area contributed by atoms with Crippen LogP contribution in [0.1, 0.15) is 25.7 Å². The van der Waals surface area contributed by atoms with E-state index >= 15 is 0 Å². The Balaban J connectivity index is 2.07. The molecule has 1 aliphatic carbocycles. The monoisotopic (exact) mass is 344 g/mol. The predicted octanol–water partition coefficient (Wildman–Crippen LogP) is 1.51. The van der Waals surface area contributed by atoms with Crippen molar-refractivity contribution in [1.82, 2.24) is 9.62 Å². The van der Waals surface area contributed by atoms with E-state index in [1.54, 1.807) is 14.1 Å². The molecule has 0 unspecified atom stereocenters. The number of benzene rings is 1. The summed E-state index contributed by atoms with van der Waals surface area (Å²) in [5, 5.41) is 0. The van der Waals surface area contributed by atoms with Gasteiger partial charge in [-0.15, -0.1) is 0 Å². The Kier molecular flexibility index (Phi) is 5.59. The molecule has 0 bridgehead atoms. The van der Waals surface area contributed by atoms with Crippen LogP contribution in [-0.4, -0.2) is 46.0 Å². The first-order valence-electron chi connectivity index (χ1n) is 7.44. The molecule has 0 aliphatic heterocycles. The lowest BCUT2D eigenvalue weighted by Crippen LogP contribution is -2.32. The van der Waals surface area contributed by atoms with Gasteiger partial charge in [0.1, 0.15) is 0 Å². The van der Waals surface area contributed by atoms with Crippen molar-refractivity contribution in [3.05, 3.63) is 24.0 Å². The molecule has 0 aromatic heterocycles. The van der Waals surface area contributed by atoms with Crippen molar-refractivity contribution in [2.75, 3.05) is 20.7 Å². The number of ether oxygens (including phenoxy) is 1. The van der Waals surface area contributed by atoms with Gasteiger partial charge in [0.25, 0.3) is 5.91 Å². The highest BCUT2D eigenvalue weighted by Crippen LogP contribution is 2.23. The molecular formula is C15H21FN2O4S. The molecule has 1 saturated carbocycles. The van der Waals surface area contributed by atoms with E-state index in [0.717, 1.165) is 31.7 Å². The average molecular weight is 344 g/mol. The fourth-order valence-corrected chi connectivity index (χ4v) is 3.68. The van der Waals surface area contributed by atoms with Crippen LogP contribution in [0.15, 0.2) is 23.1 Å². The third-order valence-corrected chi connectivity index (χ3v) is 5.26. The zero-order valence-electron chi connectivity index (χ0n) is 13.2. The lowest BCUT2D eigenvalue weighted by molar-refractivity contribution is -0.130. The highest BCUT2D eigenvalue weighted by molar-refractivity contribution is 7.89. The maximum Gasteiger partial charge on any atom is 0.259 e. The number of hydrogen-bond donors (Lipinski definition) is 1. The number of nitrogens with zero attached hydrogens (tertiary/aromatic N) is 1. The number of sulfonamides is 1. The fraction of sp³-hybridized carbons (Fsp3) is 0.533. The van der Waals surface area contributed by atoms with Gasteiger partial charge in [0.2, 0.25) is 10.0 Å². The Morgan fingerprint density at radius 2 is 2.00 bits per heavy atom. The van der Waals surface area contributed by atoms with Crippen molar-refractivity contribution in [2.24, 2.45) is 0 Å². The standard InChI is InChI=1S/C15H21FN2O4S/c1-18(2)15(19)10-22-14-8-7-12(9-13(14)16)23(20,21)17-11-5-3-4-6-11/h7-9,11,17H,3-6,10H2,1-2H3. The Morgan fingerprint density at radius 1 is 1.35 bits per heavy atom. The lowest BCUT2D eigenvalue weighted by Gasteiger charge is -2.14. The molecular weight excluding hydrogens is 323 g/mol. The number of hydrogen-bond acceptors (Lipinski definition) is 4. The molecule has 1 fully saturated rings. The summed E-state index contributed by atoms with van der Waals surface area (Å²) < 4.78 is 46.1. The molecule has 1 aliphatic rings. The third-order valence-electron chi connectivity index (χ3n) is 3.74. The van der Waals surface area contributed by atoms with Gasteiger partial charge < -0.3 is 9.64 Å². The van der Waals surface area contributed by atoms with E-state index < -0.39 is 15.8 Å². The van der Waals surface area contributed by atoms with Gasteiger partial charge in [0.05, 0.1) is 4.90 Å². The topological polar surface area (TPSA) is 75.7 Å². The predicted molar refractivity (Wildman–Crippen MR) is 83.2 cm³/mol. The minimum Gasteiger partial charge on any atom is -0.481 e. The summed E-state index contributed by atoms with van der Waals surface area (Å²) in [6, 6.07) is 3.32. The number of halogens is 1. The second kappa shape index (κ2) is 7.27. The van der Waals surface area contributed by atoms with E-state index in [4.69, 9.17) is 4.74 Å². The summed E-state index contributed by atoms with van der Waals surface area (Å²) >= 11 is 0. The van der Waals surface area contributed by atoms with E-state index in [1.165, 1.54) is 17.0 Å². The van der Waals surface area contributed by atoms with E-state index in [9.17, 15) is 17.6 Å². The van der Waals surface area contributed by atoms with Crippen LogP contribution in [0.2, 0.25) is 0 Å². The first kappa shape index (κ1) is 17.7. The van der Waals surface area contributed by atoms with Gasteiger partial charge in [-0.2, -0.15) is 0 Å². The Bertz CT molecular complexity index is 670. The molecule has 6 nitrogen and oxygen atoms in total. The number of amides is 1. The van der Waals surface area contributed by atoms with E-state index in [0.29, 0.717) is 0 Å². The summed E-state index contributed by atoms with van der Waals surface area (Å²) in [6.07, 6.45) is 3.59. The summed E-state index contributed by atoms with van der Waals surface area (Å²) in [7, 11) is -0.625. The van der Waals surface area contributed by atoms with Crippen molar-refractivity contribution in [2.45, 2.75) is 36.6 Å². The number of carbonyl (C=O) groups excluding carboxylic acids is 1. The minimum atomic E-state index is -3.75. The molecule has 0 spiro atoms. The molecule has 1 N–H and O–H groups in total. The van der Waals surface area contributed by atoms with Gasteiger partial charge in [0.15, 0.2) is 18.2 Å². The second-order valence-corrected chi connectivity index (χ2v) is 7.49. The Labute approximate surface area is 135 Å². The molecule has 2 rings (SSSR count). The molecule has 0 atom stereocenters. The fourth-order valence-electron chi connectivity index (χ4n) is 2.37. The molecule has 0 saturated heterocycles. The first-order valence-corrected chi connectivity index (χ1v) is 8.93. The van der Waals surface area contributed by atoms with Crippen molar-refractivity contribution in [3.63, 3.8) is 0 Å². The quantitative estimate of drug-likeness (QED) is 0.849. The molecule has 8 heteroatoms. The smallest absolute Gasteiger partial charge is 0.259 e. The number of carbonyl (C=O) groups is 1. The third kappa shape index (κ3) is 4.65. The molecule has 128 valence electrons. The van der Waals surface area contributed by atoms with Crippen LogP contribution in [-0.2, 0) is 14.8 Å². The van der Waals surface area contributed by atoms with Crippen molar-refractivity contribution in [1.29, 1.82) is 0 Å². The van der Waals surface area contributed by atoms with Crippen molar-refractivity contribution in [3.8, 4) is 5.75 Å². The second-order valence-electron chi connectivity index (χ2n) is 5.77. The molecule has 0 heterocycles. The van der Waals surface area contributed by atoms with Crippen LogP contribution in [0.5, 0.6) is 5.75 Å². The SMILES string of the molecule is CN(C)C(=O)COc1ccc(S(=O)(=O)NC2CCCC2)cc1F. The molecule has 1 amide bonds. The highest BCUT2D eigenvalue weighted by atomic mass is 32.2. The van der Waals surface area contributed by atoms with Gasteiger partial charge in [-0.25, -0.2) is 17.5 Å². The summed E-state index contributed by atoms with van der Waals surface area (Å²) in [4.78, 5) is 12.6. The molecule has 1 aromatic rings. The molecule has 23 heavy (non-hydrogen) atoms. The van der Waals surface area contributed by atoms with E-state index in [-0.39, 0.29) is 29.2 Å². The first-order chi connectivity index (χ1) is 10.8. The Morgan fingerprint density at radius 3 is 2.57 bits per heavy atom. The number of likely N-dealkylation sites (N-methyl/N-ethyl adjacent to an activating group) is 1. The largest absolute Gasteiger partial charge is 0.481 e. The lowest BCUT2D eigenvalue weighted by atomic mass is 10.3. The Hall–Kier alpha value is -1.67. The van der Waals surface area contributed by atoms with E-state index in [2.05, 4.69) is 4.72 Å². The minimum absolute atomic E-state index is 0.0864. The highest BCUT2D eigenvalue weighted by Gasteiger charge is 2.24. The zero-order chi connectivity index (χ0) is 17.0. The van der Waals surface area contributed by atoms with Crippen LogP contribution in [0.3, 0.4) is 0 Å². The number of nitrogens with one attached hydrogen (secondary N) is 1. The van der Waals surface area contributed by atoms with Crippen molar-refractivity contribution < 1.29 is 22.3 Å². The molecule has 1 aromatic carbocycles. The zero-order valence-corrected chi connectivity index (χ0v) is 14.0. The molecule has 0 radical (unpaired) electrons. The van der Waals surface area contributed by atoms with E-state index in [1.807, 2.05) is 0 Å². The van der Waals surface area contributed by atoms with Crippen molar-refractivity contribution >= 4 is 15.9 Å². The van der Waals surface area contributed by atoms with Gasteiger partial charge in [0, 0.05) is 20.1 Å². The number of rotatable bonds is 6. The van der Waals surface area contributed by atoms with Gasteiger partial charge in [-0.1, -0.05) is 12.8 Å². The van der Waals surface area contributed by atoms with Gasteiger partial charge >= 0.3 is 0 Å². The average Bonchev–Trinajstić information content (AvgIpc) is 2.97. The summed E-state index contributed by atoms with van der Waals surface area (Å²) in [6.45, 7) is -0.309. The van der Waals surface area contributed by atoms with Gasteiger partial charge in [-0.05, 0) is 31.0 Å².